The Balaban J connectivity index is 4.66. The maximum Gasteiger partial charge on any atom is 0.444 e. The largest absolute Gasteiger partial charge is 0.444 e. The van der Waals surface area contributed by atoms with Crippen molar-refractivity contribution in [2.75, 3.05) is 13.2 Å². The molecule has 0 spiro atoms. The Labute approximate surface area is 150 Å². The van der Waals surface area contributed by atoms with E-state index in [1.807, 2.05) is 6.92 Å². The van der Waals surface area contributed by atoms with Gasteiger partial charge in [-0.3, -0.25) is 9.63 Å². The van der Waals surface area contributed by atoms with E-state index >= 15 is 0 Å². The van der Waals surface area contributed by atoms with E-state index in [0.29, 0.717) is 18.0 Å². The highest BCUT2D eigenvalue weighted by Crippen LogP contribution is 2.15. The average molecular weight is 360 g/mol. The Hall–Kier alpha value is -1.83. The molecular formula is C17H32N2O6. The first-order valence-corrected chi connectivity index (χ1v) is 8.51. The number of rotatable bonds is 7. The lowest BCUT2D eigenvalue weighted by Crippen LogP contribution is -2.43. The van der Waals surface area contributed by atoms with Crippen LogP contribution in [0.2, 0.25) is 0 Å². The van der Waals surface area contributed by atoms with Gasteiger partial charge in [0.15, 0.2) is 0 Å². The molecule has 0 aromatic heterocycles. The van der Waals surface area contributed by atoms with E-state index in [-0.39, 0.29) is 18.9 Å². The second-order valence-electron chi connectivity index (χ2n) is 7.54. The Kier molecular flexibility index (Phi) is 9.48. The highest BCUT2D eigenvalue weighted by Gasteiger charge is 2.32. The lowest BCUT2D eigenvalue weighted by Gasteiger charge is -2.27. The Morgan fingerprint density at radius 2 is 1.40 bits per heavy atom. The number of carbonyl (C=O) groups excluding carboxylic acids is 3. The summed E-state index contributed by atoms with van der Waals surface area (Å²) in [6, 6.07) is 0. The van der Waals surface area contributed by atoms with Crippen molar-refractivity contribution in [3.05, 3.63) is 0 Å². The van der Waals surface area contributed by atoms with Crippen molar-refractivity contribution in [1.29, 1.82) is 0 Å². The van der Waals surface area contributed by atoms with E-state index in [1.165, 1.54) is 0 Å². The lowest BCUT2D eigenvalue weighted by atomic mass is 10.2. The molecule has 0 rings (SSSR count). The molecular weight excluding hydrogens is 328 g/mol. The van der Waals surface area contributed by atoms with Crippen LogP contribution in [-0.2, 0) is 19.1 Å². The van der Waals surface area contributed by atoms with Crippen LogP contribution in [0.4, 0.5) is 9.59 Å². The summed E-state index contributed by atoms with van der Waals surface area (Å²) in [4.78, 5) is 41.1. The van der Waals surface area contributed by atoms with Crippen LogP contribution >= 0.6 is 0 Å². The first kappa shape index (κ1) is 23.2. The van der Waals surface area contributed by atoms with Gasteiger partial charge in [0.05, 0.1) is 6.61 Å². The van der Waals surface area contributed by atoms with Crippen LogP contribution in [0.15, 0.2) is 0 Å². The zero-order valence-corrected chi connectivity index (χ0v) is 16.4. The summed E-state index contributed by atoms with van der Waals surface area (Å²) in [5.74, 6) is -0.105. The molecule has 0 fully saturated rings. The van der Waals surface area contributed by atoms with Crippen LogP contribution < -0.4 is 5.32 Å². The number of nitrogens with zero attached hydrogens (tertiary/aromatic N) is 1. The molecule has 25 heavy (non-hydrogen) atoms. The first-order chi connectivity index (χ1) is 11.4. The third-order valence-electron chi connectivity index (χ3n) is 2.46. The minimum absolute atomic E-state index is 0.00195. The van der Waals surface area contributed by atoms with Crippen molar-refractivity contribution in [3.63, 3.8) is 0 Å². The number of amides is 3. The summed E-state index contributed by atoms with van der Waals surface area (Å²) in [6.07, 6.45) is -0.490. The predicted octanol–water partition coefficient (Wildman–Crippen LogP) is 3.40. The van der Waals surface area contributed by atoms with Gasteiger partial charge >= 0.3 is 12.2 Å². The fraction of sp³-hybridized carbons (Fsp3) is 0.824. The third kappa shape index (κ3) is 12.2. The van der Waals surface area contributed by atoms with Crippen molar-refractivity contribution in [2.24, 2.45) is 0 Å². The topological polar surface area (TPSA) is 94.2 Å². The van der Waals surface area contributed by atoms with Crippen molar-refractivity contribution < 1.29 is 28.7 Å². The van der Waals surface area contributed by atoms with E-state index in [1.54, 1.807) is 41.5 Å². The number of hydrogen-bond acceptors (Lipinski definition) is 6. The summed E-state index contributed by atoms with van der Waals surface area (Å²) >= 11 is 0. The molecule has 0 aromatic carbocycles. The minimum atomic E-state index is -0.961. The molecule has 8 heteroatoms. The van der Waals surface area contributed by atoms with Crippen molar-refractivity contribution in [3.8, 4) is 0 Å². The zero-order chi connectivity index (χ0) is 19.7. The van der Waals surface area contributed by atoms with E-state index in [4.69, 9.17) is 14.3 Å². The minimum Gasteiger partial charge on any atom is -0.442 e. The number of hydroxylamine groups is 2. The van der Waals surface area contributed by atoms with Crippen LogP contribution in [0.5, 0.6) is 0 Å². The van der Waals surface area contributed by atoms with E-state index < -0.39 is 23.4 Å². The second kappa shape index (κ2) is 10.2. The van der Waals surface area contributed by atoms with E-state index in [2.05, 4.69) is 5.32 Å². The normalized spacial score (nSPS) is 11.6. The number of imide groups is 1. The van der Waals surface area contributed by atoms with Gasteiger partial charge in [-0.05, 0) is 54.4 Å². The molecule has 0 saturated heterocycles. The molecule has 0 aromatic rings. The van der Waals surface area contributed by atoms with Crippen molar-refractivity contribution in [1.82, 2.24) is 10.4 Å². The van der Waals surface area contributed by atoms with E-state index in [0.717, 1.165) is 6.42 Å². The number of hydrogen-bond donors (Lipinski definition) is 1. The van der Waals surface area contributed by atoms with Gasteiger partial charge in [-0.1, -0.05) is 12.0 Å². The molecule has 0 unspecified atom stereocenters. The van der Waals surface area contributed by atoms with E-state index in [9.17, 15) is 14.4 Å². The Bertz CT molecular complexity index is 423. The predicted molar refractivity (Wildman–Crippen MR) is 92.8 cm³/mol. The fourth-order valence-corrected chi connectivity index (χ4v) is 1.53. The SMILES string of the molecule is CCCNC(=O)CCCON(C(=O)OC(C)(C)C)C(=O)OC(C)(C)C. The first-order valence-electron chi connectivity index (χ1n) is 8.51. The van der Waals surface area contributed by atoms with Gasteiger partial charge in [-0.15, -0.1) is 0 Å². The molecule has 1 N–H and O–H groups in total. The van der Waals surface area contributed by atoms with Gasteiger partial charge in [0.1, 0.15) is 11.2 Å². The van der Waals surface area contributed by atoms with Crippen LogP contribution in [0, 0.1) is 0 Å². The van der Waals surface area contributed by atoms with Gasteiger partial charge in [0, 0.05) is 13.0 Å². The summed E-state index contributed by atoms with van der Waals surface area (Å²) in [5, 5.41) is 3.20. The summed E-state index contributed by atoms with van der Waals surface area (Å²) < 4.78 is 10.3. The number of nitrogens with one attached hydrogen (secondary N) is 1. The van der Waals surface area contributed by atoms with Gasteiger partial charge in [-0.25, -0.2) is 9.59 Å². The Morgan fingerprint density at radius 3 is 1.80 bits per heavy atom. The monoisotopic (exact) mass is 360 g/mol. The second-order valence-corrected chi connectivity index (χ2v) is 7.54. The molecule has 0 atom stereocenters. The summed E-state index contributed by atoms with van der Waals surface area (Å²) in [5.41, 5.74) is -1.58. The van der Waals surface area contributed by atoms with Gasteiger partial charge in [0.25, 0.3) is 0 Å². The van der Waals surface area contributed by atoms with Crippen LogP contribution in [0.25, 0.3) is 0 Å². The summed E-state index contributed by atoms with van der Waals surface area (Å²) in [7, 11) is 0. The van der Waals surface area contributed by atoms with Gasteiger partial charge in [-0.2, -0.15) is 0 Å². The summed E-state index contributed by atoms with van der Waals surface area (Å²) in [6.45, 7) is 12.6. The van der Waals surface area contributed by atoms with Crippen molar-refractivity contribution >= 4 is 18.1 Å². The quantitative estimate of drug-likeness (QED) is 0.552. The molecule has 0 bridgehead atoms. The standard InChI is InChI=1S/C17H32N2O6/c1-8-11-18-13(20)10-9-12-23-19(14(21)24-16(2,3)4)15(22)25-17(5,6)7/h8-12H2,1-7H3,(H,18,20). The van der Waals surface area contributed by atoms with Crippen LogP contribution in [0.1, 0.15) is 67.7 Å². The highest BCUT2D eigenvalue weighted by atomic mass is 16.8. The number of carbonyl (C=O) groups is 3. The number of ether oxygens (including phenoxy) is 2. The maximum absolute atomic E-state index is 12.2. The van der Waals surface area contributed by atoms with Crippen LogP contribution in [-0.4, -0.2) is 47.5 Å². The molecule has 0 radical (unpaired) electrons. The van der Waals surface area contributed by atoms with Crippen molar-refractivity contribution in [2.45, 2.75) is 78.9 Å². The van der Waals surface area contributed by atoms with Crippen LogP contribution in [0.3, 0.4) is 0 Å². The van der Waals surface area contributed by atoms with Gasteiger partial charge < -0.3 is 14.8 Å². The lowest BCUT2D eigenvalue weighted by molar-refractivity contribution is -0.140. The Morgan fingerprint density at radius 1 is 0.920 bits per heavy atom. The molecule has 146 valence electrons. The molecule has 0 saturated carbocycles. The molecule has 0 aliphatic rings. The maximum atomic E-state index is 12.2. The molecule has 8 nitrogen and oxygen atoms in total. The third-order valence-corrected chi connectivity index (χ3v) is 2.46. The highest BCUT2D eigenvalue weighted by molar-refractivity contribution is 5.86. The zero-order valence-electron chi connectivity index (χ0n) is 16.4. The molecule has 3 amide bonds. The molecule has 0 heterocycles. The smallest absolute Gasteiger partial charge is 0.442 e. The molecule has 0 aliphatic carbocycles. The molecule has 0 aliphatic heterocycles. The average Bonchev–Trinajstić information content (AvgIpc) is 2.40. The fourth-order valence-electron chi connectivity index (χ4n) is 1.53. The van der Waals surface area contributed by atoms with Gasteiger partial charge in [0.2, 0.25) is 5.91 Å².